The van der Waals surface area contributed by atoms with Crippen LogP contribution in [0.1, 0.15) is 56.1 Å². The zero-order valence-corrected chi connectivity index (χ0v) is 24.9. The number of carbonyl (C=O) groups excluding carboxylic acids is 1. The van der Waals surface area contributed by atoms with Crippen molar-refractivity contribution in [3.63, 3.8) is 0 Å². The lowest BCUT2D eigenvalue weighted by Gasteiger charge is -2.37. The van der Waals surface area contributed by atoms with E-state index in [1.807, 2.05) is 12.1 Å². The summed E-state index contributed by atoms with van der Waals surface area (Å²) in [6.07, 6.45) is 0.920. The number of hydrogen-bond donors (Lipinski definition) is 1. The maximum absolute atomic E-state index is 14.6. The lowest BCUT2D eigenvalue weighted by molar-refractivity contribution is -0.126. The molecule has 2 aliphatic carbocycles. The summed E-state index contributed by atoms with van der Waals surface area (Å²) in [4.78, 5) is 15.1. The van der Waals surface area contributed by atoms with Crippen LogP contribution >= 0.6 is 11.6 Å². The van der Waals surface area contributed by atoms with E-state index in [9.17, 15) is 26.4 Å². The Labute approximate surface area is 253 Å². The SMILES string of the molecule is COc1ccc(CN2C(=O)C3(CCC3)c3cc(NS(=O)(=O)c4ccc(Cl)cc4F)cc(OC4CCC(F)(F)CC4)c32)cc1. The highest BCUT2D eigenvalue weighted by Gasteiger charge is 2.56. The van der Waals surface area contributed by atoms with Gasteiger partial charge in [-0.25, -0.2) is 21.6 Å². The van der Waals surface area contributed by atoms with E-state index in [1.54, 1.807) is 30.2 Å². The van der Waals surface area contributed by atoms with Crippen molar-refractivity contribution >= 4 is 38.9 Å². The number of anilines is 2. The predicted octanol–water partition coefficient (Wildman–Crippen LogP) is 7.21. The monoisotopic (exact) mass is 634 g/mol. The summed E-state index contributed by atoms with van der Waals surface area (Å²) < 4.78 is 83.0. The first-order chi connectivity index (χ1) is 20.4. The fourth-order valence-corrected chi connectivity index (χ4v) is 7.43. The van der Waals surface area contributed by atoms with Gasteiger partial charge in [-0.1, -0.05) is 30.2 Å². The van der Waals surface area contributed by atoms with Crippen LogP contribution in [0.15, 0.2) is 59.5 Å². The van der Waals surface area contributed by atoms with E-state index in [4.69, 9.17) is 21.1 Å². The maximum Gasteiger partial charge on any atom is 0.264 e. The largest absolute Gasteiger partial charge is 0.497 e. The van der Waals surface area contributed by atoms with E-state index in [0.717, 1.165) is 24.1 Å². The summed E-state index contributed by atoms with van der Waals surface area (Å²) in [6.45, 7) is 0.220. The molecule has 1 N–H and O–H groups in total. The van der Waals surface area contributed by atoms with Crippen molar-refractivity contribution in [1.82, 2.24) is 0 Å². The number of nitrogens with zero attached hydrogens (tertiary/aromatic N) is 1. The number of benzene rings is 3. The van der Waals surface area contributed by atoms with Crippen molar-refractivity contribution in [2.24, 2.45) is 0 Å². The van der Waals surface area contributed by atoms with Crippen molar-refractivity contribution < 1.29 is 35.9 Å². The van der Waals surface area contributed by atoms with Gasteiger partial charge in [0.1, 0.15) is 22.2 Å². The quantitative estimate of drug-likeness (QED) is 0.283. The summed E-state index contributed by atoms with van der Waals surface area (Å²) in [7, 11) is -2.84. The molecule has 3 aromatic rings. The Morgan fingerprint density at radius 3 is 2.33 bits per heavy atom. The zero-order chi connectivity index (χ0) is 30.6. The number of ether oxygens (including phenoxy) is 2. The Morgan fingerprint density at radius 2 is 1.72 bits per heavy atom. The van der Waals surface area contributed by atoms with Crippen LogP contribution in [0.5, 0.6) is 11.5 Å². The van der Waals surface area contributed by atoms with Crippen molar-refractivity contribution in [2.75, 3.05) is 16.7 Å². The van der Waals surface area contributed by atoms with E-state index in [1.165, 1.54) is 12.1 Å². The average molecular weight is 635 g/mol. The van der Waals surface area contributed by atoms with Gasteiger partial charge < -0.3 is 14.4 Å². The number of carbonyl (C=O) groups is 1. The molecular formula is C31H30ClF3N2O5S. The fourth-order valence-electron chi connectivity index (χ4n) is 6.17. The molecule has 3 aliphatic rings. The first-order valence-electron chi connectivity index (χ1n) is 14.1. The minimum atomic E-state index is -4.40. The lowest BCUT2D eigenvalue weighted by Crippen LogP contribution is -2.44. The highest BCUT2D eigenvalue weighted by molar-refractivity contribution is 7.92. The van der Waals surface area contributed by atoms with Crippen LogP contribution < -0.4 is 19.1 Å². The van der Waals surface area contributed by atoms with Crippen molar-refractivity contribution in [1.29, 1.82) is 0 Å². The molecule has 1 spiro atoms. The van der Waals surface area contributed by atoms with Gasteiger partial charge in [0.05, 0.1) is 36.5 Å². The van der Waals surface area contributed by atoms with Crippen molar-refractivity contribution in [3.8, 4) is 11.5 Å². The van der Waals surface area contributed by atoms with Gasteiger partial charge in [0.15, 0.2) is 0 Å². The highest BCUT2D eigenvalue weighted by Crippen LogP contribution is 2.58. The molecule has 0 bridgehead atoms. The number of amides is 1. The smallest absolute Gasteiger partial charge is 0.264 e. The molecule has 7 nitrogen and oxygen atoms in total. The molecule has 0 unspecified atom stereocenters. The predicted molar refractivity (Wildman–Crippen MR) is 156 cm³/mol. The van der Waals surface area contributed by atoms with Gasteiger partial charge >= 0.3 is 0 Å². The molecule has 228 valence electrons. The van der Waals surface area contributed by atoms with Crippen LogP contribution in [0, 0.1) is 5.82 Å². The zero-order valence-electron chi connectivity index (χ0n) is 23.3. The normalized spacial score (nSPS) is 19.2. The number of fused-ring (bicyclic) bond motifs is 2. The number of methoxy groups -OCH3 is 1. The van der Waals surface area contributed by atoms with Gasteiger partial charge in [-0.15, -0.1) is 0 Å². The average Bonchev–Trinajstić information content (AvgIpc) is 3.17. The molecule has 1 heterocycles. The summed E-state index contributed by atoms with van der Waals surface area (Å²) in [5.41, 5.74) is 1.15. The molecule has 0 aromatic heterocycles. The summed E-state index contributed by atoms with van der Waals surface area (Å²) in [6, 6.07) is 13.6. The summed E-state index contributed by atoms with van der Waals surface area (Å²) >= 11 is 5.81. The molecule has 12 heteroatoms. The Kier molecular flexibility index (Phi) is 7.53. The van der Waals surface area contributed by atoms with Crippen LogP contribution in [0.25, 0.3) is 0 Å². The third-order valence-electron chi connectivity index (χ3n) is 8.62. The van der Waals surface area contributed by atoms with Gasteiger partial charge in [-0.2, -0.15) is 0 Å². The number of alkyl halides is 2. The highest BCUT2D eigenvalue weighted by atomic mass is 35.5. The van der Waals surface area contributed by atoms with E-state index in [-0.39, 0.29) is 54.6 Å². The minimum Gasteiger partial charge on any atom is -0.497 e. The standard InChI is InChI=1S/C31H30ClF3N2O5S/c1-41-22-6-3-19(4-7-22)18-37-28-24(30(29(37)38)11-2-12-30)16-21(17-26(28)42-23-9-13-31(34,35)14-10-23)36-43(39,40)27-8-5-20(32)15-25(27)33/h3-8,15-17,23,36H,2,9-14,18H2,1H3. The van der Waals surface area contributed by atoms with Crippen LogP contribution in [-0.2, 0) is 26.8 Å². The fraction of sp³-hybridized carbons (Fsp3) is 0.387. The van der Waals surface area contributed by atoms with Gasteiger partial charge in [0, 0.05) is 23.9 Å². The van der Waals surface area contributed by atoms with Crippen molar-refractivity contribution in [2.45, 2.75) is 73.8 Å². The first-order valence-corrected chi connectivity index (χ1v) is 15.9. The van der Waals surface area contributed by atoms with E-state index < -0.39 is 38.2 Å². The number of sulfonamides is 1. The number of hydrogen-bond acceptors (Lipinski definition) is 5. The van der Waals surface area contributed by atoms with Crippen LogP contribution in [0.4, 0.5) is 24.5 Å². The van der Waals surface area contributed by atoms with Crippen LogP contribution in [-0.4, -0.2) is 33.5 Å². The number of rotatable bonds is 8. The van der Waals surface area contributed by atoms with Gasteiger partial charge in [0.2, 0.25) is 11.8 Å². The molecular weight excluding hydrogens is 605 g/mol. The van der Waals surface area contributed by atoms with E-state index in [2.05, 4.69) is 4.72 Å². The molecule has 43 heavy (non-hydrogen) atoms. The molecule has 1 amide bonds. The Morgan fingerprint density at radius 1 is 1.02 bits per heavy atom. The number of nitrogens with one attached hydrogen (secondary N) is 1. The third kappa shape index (κ3) is 5.53. The molecule has 1 aliphatic heterocycles. The molecule has 0 atom stereocenters. The first kappa shape index (κ1) is 29.6. The third-order valence-corrected chi connectivity index (χ3v) is 10.3. The Bertz CT molecular complexity index is 1670. The minimum absolute atomic E-state index is 0.0464. The topological polar surface area (TPSA) is 84.9 Å². The molecule has 0 radical (unpaired) electrons. The molecule has 2 fully saturated rings. The second kappa shape index (κ2) is 10.9. The summed E-state index contributed by atoms with van der Waals surface area (Å²) in [5, 5.41) is 0.0464. The Hall–Kier alpha value is -3.44. The van der Waals surface area contributed by atoms with Gasteiger partial charge in [0.25, 0.3) is 10.0 Å². The molecule has 6 rings (SSSR count). The lowest BCUT2D eigenvalue weighted by atomic mass is 9.65. The van der Waals surface area contributed by atoms with Gasteiger partial charge in [-0.05, 0) is 73.2 Å². The maximum atomic E-state index is 14.6. The van der Waals surface area contributed by atoms with E-state index in [0.29, 0.717) is 29.8 Å². The van der Waals surface area contributed by atoms with E-state index >= 15 is 0 Å². The Balaban J connectivity index is 1.42. The van der Waals surface area contributed by atoms with Crippen LogP contribution in [0.2, 0.25) is 5.02 Å². The second-order valence-electron chi connectivity index (χ2n) is 11.4. The molecule has 2 saturated carbocycles. The summed E-state index contributed by atoms with van der Waals surface area (Å²) in [5.74, 6) is -3.04. The number of halogens is 4. The molecule has 3 aromatic carbocycles. The van der Waals surface area contributed by atoms with Crippen molar-refractivity contribution in [3.05, 3.63) is 76.6 Å². The second-order valence-corrected chi connectivity index (χ2v) is 13.5. The van der Waals surface area contributed by atoms with Gasteiger partial charge in [-0.3, -0.25) is 9.52 Å². The van der Waals surface area contributed by atoms with Crippen LogP contribution in [0.3, 0.4) is 0 Å². The molecule has 0 saturated heterocycles.